The van der Waals surface area contributed by atoms with E-state index in [-0.39, 0.29) is 0 Å². The standard InChI is InChI=1S/C20H36O/c1-3-6-17-8-12-19(13-9-17)20-14-10-18(11-15-20)7-4-5-16-21-2/h4-5,17-20H,3,6-16H2,1-2H3. The lowest BCUT2D eigenvalue weighted by atomic mass is 9.68. The molecule has 0 radical (unpaired) electrons. The topological polar surface area (TPSA) is 9.23 Å². The number of allylic oxidation sites excluding steroid dienone is 1. The Bertz CT molecular complexity index is 280. The average Bonchev–Trinajstić information content (AvgIpc) is 2.53. The summed E-state index contributed by atoms with van der Waals surface area (Å²) >= 11 is 0. The maximum Gasteiger partial charge on any atom is 0.0643 e. The van der Waals surface area contributed by atoms with Gasteiger partial charge >= 0.3 is 0 Å². The second kappa shape index (κ2) is 9.66. The molecule has 0 saturated heterocycles. The molecule has 0 amide bonds. The lowest BCUT2D eigenvalue weighted by molar-refractivity contribution is 0.144. The van der Waals surface area contributed by atoms with Gasteiger partial charge in [-0.1, -0.05) is 44.8 Å². The van der Waals surface area contributed by atoms with Crippen LogP contribution >= 0.6 is 0 Å². The highest BCUT2D eigenvalue weighted by atomic mass is 16.5. The third-order valence-electron chi connectivity index (χ3n) is 6.05. The van der Waals surface area contributed by atoms with Crippen molar-refractivity contribution in [2.45, 2.75) is 77.6 Å². The van der Waals surface area contributed by atoms with Crippen molar-refractivity contribution in [1.29, 1.82) is 0 Å². The monoisotopic (exact) mass is 292 g/mol. The fraction of sp³-hybridized carbons (Fsp3) is 0.900. The van der Waals surface area contributed by atoms with Crippen molar-refractivity contribution in [2.75, 3.05) is 13.7 Å². The van der Waals surface area contributed by atoms with Gasteiger partial charge in [-0.25, -0.2) is 0 Å². The molecule has 0 aromatic carbocycles. The van der Waals surface area contributed by atoms with E-state index in [4.69, 9.17) is 4.74 Å². The Morgan fingerprint density at radius 1 is 0.810 bits per heavy atom. The number of rotatable bonds is 7. The van der Waals surface area contributed by atoms with Crippen LogP contribution in [0.4, 0.5) is 0 Å². The van der Waals surface area contributed by atoms with Crippen molar-refractivity contribution in [3.05, 3.63) is 12.2 Å². The van der Waals surface area contributed by atoms with E-state index in [9.17, 15) is 0 Å². The summed E-state index contributed by atoms with van der Waals surface area (Å²) in [5.41, 5.74) is 0. The van der Waals surface area contributed by atoms with E-state index in [0.717, 1.165) is 30.3 Å². The highest BCUT2D eigenvalue weighted by molar-refractivity contribution is 4.87. The lowest BCUT2D eigenvalue weighted by Crippen LogP contribution is -2.25. The van der Waals surface area contributed by atoms with Gasteiger partial charge in [-0.3, -0.25) is 0 Å². The van der Waals surface area contributed by atoms with E-state index in [1.807, 2.05) is 0 Å². The minimum Gasteiger partial charge on any atom is -0.381 e. The minimum absolute atomic E-state index is 0.774. The molecule has 0 N–H and O–H groups in total. The number of methoxy groups -OCH3 is 1. The van der Waals surface area contributed by atoms with Crippen LogP contribution in [0.2, 0.25) is 0 Å². The molecule has 2 aliphatic carbocycles. The van der Waals surface area contributed by atoms with Gasteiger partial charge in [-0.05, 0) is 68.6 Å². The van der Waals surface area contributed by atoms with Crippen LogP contribution in [0.25, 0.3) is 0 Å². The maximum absolute atomic E-state index is 5.07. The second-order valence-corrected chi connectivity index (χ2v) is 7.51. The molecule has 0 bridgehead atoms. The summed E-state index contributed by atoms with van der Waals surface area (Å²) in [6.45, 7) is 3.12. The highest BCUT2D eigenvalue weighted by Crippen LogP contribution is 2.42. The van der Waals surface area contributed by atoms with E-state index in [2.05, 4.69) is 19.1 Å². The first-order valence-electron chi connectivity index (χ1n) is 9.47. The Balaban J connectivity index is 1.63. The molecule has 122 valence electrons. The zero-order chi connectivity index (χ0) is 14.9. The number of hydrogen-bond donors (Lipinski definition) is 0. The largest absolute Gasteiger partial charge is 0.381 e. The van der Waals surface area contributed by atoms with E-state index in [1.165, 1.54) is 70.6 Å². The molecule has 1 nitrogen and oxygen atoms in total. The Hall–Kier alpha value is -0.300. The van der Waals surface area contributed by atoms with Gasteiger partial charge in [0.15, 0.2) is 0 Å². The Morgan fingerprint density at radius 3 is 1.90 bits per heavy atom. The van der Waals surface area contributed by atoms with Crippen LogP contribution < -0.4 is 0 Å². The third kappa shape index (κ3) is 5.77. The van der Waals surface area contributed by atoms with Gasteiger partial charge in [0.25, 0.3) is 0 Å². The van der Waals surface area contributed by atoms with Gasteiger partial charge in [0.1, 0.15) is 0 Å². The van der Waals surface area contributed by atoms with Gasteiger partial charge < -0.3 is 4.74 Å². The molecule has 1 heteroatoms. The normalized spacial score (nSPS) is 34.4. The van der Waals surface area contributed by atoms with Crippen LogP contribution in [-0.2, 0) is 4.74 Å². The van der Waals surface area contributed by atoms with E-state index >= 15 is 0 Å². The van der Waals surface area contributed by atoms with E-state index < -0.39 is 0 Å². The van der Waals surface area contributed by atoms with E-state index in [1.54, 1.807) is 7.11 Å². The molecular weight excluding hydrogens is 256 g/mol. The number of hydrogen-bond acceptors (Lipinski definition) is 1. The SMILES string of the molecule is CCCC1CCC(C2CCC(CC=CCOC)CC2)CC1. The van der Waals surface area contributed by atoms with Crippen molar-refractivity contribution in [3.63, 3.8) is 0 Å². The third-order valence-corrected chi connectivity index (χ3v) is 6.05. The first-order valence-corrected chi connectivity index (χ1v) is 9.47. The minimum atomic E-state index is 0.774. The van der Waals surface area contributed by atoms with Gasteiger partial charge in [0.05, 0.1) is 6.61 Å². The molecule has 0 heterocycles. The van der Waals surface area contributed by atoms with Crippen molar-refractivity contribution in [3.8, 4) is 0 Å². The summed E-state index contributed by atoms with van der Waals surface area (Å²) in [6.07, 6.45) is 20.7. The molecule has 2 fully saturated rings. The van der Waals surface area contributed by atoms with Gasteiger partial charge in [-0.15, -0.1) is 0 Å². The lowest BCUT2D eigenvalue weighted by Gasteiger charge is -2.37. The van der Waals surface area contributed by atoms with Crippen molar-refractivity contribution >= 4 is 0 Å². The molecule has 2 saturated carbocycles. The maximum atomic E-state index is 5.07. The molecular formula is C20H36O. The van der Waals surface area contributed by atoms with Crippen LogP contribution in [0.15, 0.2) is 12.2 Å². The predicted octanol–water partition coefficient (Wildman–Crippen LogP) is 5.99. The van der Waals surface area contributed by atoms with Gasteiger partial charge in [0.2, 0.25) is 0 Å². The molecule has 0 unspecified atom stereocenters. The smallest absolute Gasteiger partial charge is 0.0643 e. The molecule has 0 spiro atoms. The molecule has 0 atom stereocenters. The van der Waals surface area contributed by atoms with Crippen LogP contribution in [0.3, 0.4) is 0 Å². The summed E-state index contributed by atoms with van der Waals surface area (Å²) in [5, 5.41) is 0. The first-order chi connectivity index (χ1) is 10.3. The van der Waals surface area contributed by atoms with Crippen LogP contribution in [0.1, 0.15) is 77.6 Å². The van der Waals surface area contributed by atoms with E-state index in [0.29, 0.717) is 0 Å². The van der Waals surface area contributed by atoms with Crippen molar-refractivity contribution in [2.24, 2.45) is 23.7 Å². The first kappa shape index (κ1) is 17.1. The fourth-order valence-corrected chi connectivity index (χ4v) is 4.70. The quantitative estimate of drug-likeness (QED) is 0.523. The summed E-state index contributed by atoms with van der Waals surface area (Å²) in [5.74, 6) is 4.15. The molecule has 2 rings (SSSR count). The number of ether oxygens (including phenoxy) is 1. The molecule has 21 heavy (non-hydrogen) atoms. The summed E-state index contributed by atoms with van der Waals surface area (Å²) in [6, 6.07) is 0. The second-order valence-electron chi connectivity index (χ2n) is 7.51. The zero-order valence-corrected chi connectivity index (χ0v) is 14.4. The van der Waals surface area contributed by atoms with Crippen LogP contribution in [0, 0.1) is 23.7 Å². The highest BCUT2D eigenvalue weighted by Gasteiger charge is 2.30. The predicted molar refractivity (Wildman–Crippen MR) is 91.4 cm³/mol. The Labute approximate surface area is 132 Å². The average molecular weight is 293 g/mol. The molecule has 0 aromatic heterocycles. The summed E-state index contributed by atoms with van der Waals surface area (Å²) < 4.78 is 5.07. The molecule has 2 aliphatic rings. The fourth-order valence-electron chi connectivity index (χ4n) is 4.70. The Morgan fingerprint density at radius 2 is 1.38 bits per heavy atom. The molecule has 0 aliphatic heterocycles. The van der Waals surface area contributed by atoms with Gasteiger partial charge in [-0.2, -0.15) is 0 Å². The summed E-state index contributed by atoms with van der Waals surface area (Å²) in [7, 11) is 1.77. The zero-order valence-electron chi connectivity index (χ0n) is 14.4. The van der Waals surface area contributed by atoms with Crippen LogP contribution in [0.5, 0.6) is 0 Å². The molecule has 0 aromatic rings. The van der Waals surface area contributed by atoms with Gasteiger partial charge in [0, 0.05) is 7.11 Å². The van der Waals surface area contributed by atoms with Crippen molar-refractivity contribution < 1.29 is 4.74 Å². The van der Waals surface area contributed by atoms with Crippen LogP contribution in [-0.4, -0.2) is 13.7 Å². The summed E-state index contributed by atoms with van der Waals surface area (Å²) in [4.78, 5) is 0. The van der Waals surface area contributed by atoms with Crippen molar-refractivity contribution in [1.82, 2.24) is 0 Å². The Kier molecular flexibility index (Phi) is 7.85.